The zero-order valence-electron chi connectivity index (χ0n) is 5.88. The summed E-state index contributed by atoms with van der Waals surface area (Å²) in [6.45, 7) is 4.99. The van der Waals surface area contributed by atoms with Crippen molar-refractivity contribution >= 4 is 11.5 Å². The Morgan fingerprint density at radius 3 is 2.00 bits per heavy atom. The predicted molar refractivity (Wildman–Crippen MR) is 34.7 cm³/mol. The van der Waals surface area contributed by atoms with E-state index in [1.165, 1.54) is 6.92 Å². The van der Waals surface area contributed by atoms with E-state index >= 15 is 0 Å². The van der Waals surface area contributed by atoms with Crippen molar-refractivity contribution in [2.24, 2.45) is 11.1 Å². The zero-order chi connectivity index (χ0) is 7.44. The molecule has 0 aromatic rings. The second kappa shape index (κ2) is 3.22. The minimum atomic E-state index is -0.174. The number of hydrogen-bond acceptors (Lipinski definition) is 3. The molecular weight excluding hydrogens is 118 g/mol. The summed E-state index contributed by atoms with van der Waals surface area (Å²) in [6, 6.07) is 0. The highest BCUT2D eigenvalue weighted by atomic mass is 16.4. The molecule has 0 aromatic heterocycles. The van der Waals surface area contributed by atoms with Crippen LogP contribution in [-0.4, -0.2) is 16.7 Å². The number of nitrogens with zero attached hydrogens (tertiary/aromatic N) is 1. The average molecular weight is 129 g/mol. The van der Waals surface area contributed by atoms with Gasteiger partial charge in [0.1, 0.15) is 5.71 Å². The van der Waals surface area contributed by atoms with Crippen LogP contribution in [0.2, 0.25) is 0 Å². The van der Waals surface area contributed by atoms with Crippen LogP contribution in [0.15, 0.2) is 5.16 Å². The van der Waals surface area contributed by atoms with Crippen LogP contribution >= 0.6 is 0 Å². The first kappa shape index (κ1) is 8.14. The van der Waals surface area contributed by atoms with Crippen LogP contribution in [0.4, 0.5) is 0 Å². The van der Waals surface area contributed by atoms with E-state index in [0.717, 1.165) is 0 Å². The summed E-state index contributed by atoms with van der Waals surface area (Å²) in [5.74, 6) is -0.167. The zero-order valence-corrected chi connectivity index (χ0v) is 5.88. The van der Waals surface area contributed by atoms with Crippen molar-refractivity contribution < 1.29 is 10.0 Å². The second-order valence-electron chi connectivity index (χ2n) is 2.20. The number of carbonyl (C=O) groups excluding carboxylic acids is 1. The SMILES string of the molecule is CC(=O)C(=NO)C(C)C. The second-order valence-corrected chi connectivity index (χ2v) is 2.20. The quantitative estimate of drug-likeness (QED) is 0.344. The van der Waals surface area contributed by atoms with Crippen molar-refractivity contribution in [1.82, 2.24) is 0 Å². The van der Waals surface area contributed by atoms with Crippen LogP contribution in [0.3, 0.4) is 0 Å². The first-order valence-corrected chi connectivity index (χ1v) is 2.82. The summed E-state index contributed by atoms with van der Waals surface area (Å²) in [5.41, 5.74) is 0.231. The fourth-order valence-electron chi connectivity index (χ4n) is 0.592. The Morgan fingerprint density at radius 2 is 2.00 bits per heavy atom. The molecule has 0 aliphatic heterocycles. The molecule has 0 atom stereocenters. The summed E-state index contributed by atoms with van der Waals surface area (Å²) < 4.78 is 0. The normalized spacial score (nSPS) is 12.2. The van der Waals surface area contributed by atoms with Crippen LogP contribution < -0.4 is 0 Å². The number of carbonyl (C=O) groups is 1. The molecule has 1 N–H and O–H groups in total. The van der Waals surface area contributed by atoms with E-state index in [1.807, 2.05) is 0 Å². The highest BCUT2D eigenvalue weighted by Crippen LogP contribution is 1.96. The number of rotatable bonds is 2. The summed E-state index contributed by atoms with van der Waals surface area (Å²) >= 11 is 0. The lowest BCUT2D eigenvalue weighted by Crippen LogP contribution is -2.16. The third kappa shape index (κ3) is 2.26. The molecule has 0 bridgehead atoms. The van der Waals surface area contributed by atoms with Crippen LogP contribution in [-0.2, 0) is 4.79 Å². The number of hydrogen-bond donors (Lipinski definition) is 1. The molecule has 9 heavy (non-hydrogen) atoms. The van der Waals surface area contributed by atoms with Gasteiger partial charge in [-0.25, -0.2) is 0 Å². The molecule has 0 spiro atoms. The van der Waals surface area contributed by atoms with E-state index < -0.39 is 0 Å². The van der Waals surface area contributed by atoms with E-state index in [9.17, 15) is 4.79 Å². The van der Waals surface area contributed by atoms with Crippen molar-refractivity contribution in [3.05, 3.63) is 0 Å². The molecule has 0 rings (SSSR count). The standard InChI is InChI=1S/C6H11NO2/c1-4(2)6(7-9)5(3)8/h4,9H,1-3H3. The minimum Gasteiger partial charge on any atom is -0.411 e. The molecule has 0 aromatic carbocycles. The molecule has 0 saturated carbocycles. The van der Waals surface area contributed by atoms with Crippen molar-refractivity contribution in [1.29, 1.82) is 0 Å². The molecule has 0 saturated heterocycles. The number of oxime groups is 1. The van der Waals surface area contributed by atoms with E-state index in [0.29, 0.717) is 0 Å². The van der Waals surface area contributed by atoms with Crippen LogP contribution in [0, 0.1) is 5.92 Å². The highest BCUT2D eigenvalue weighted by Gasteiger charge is 2.09. The fraction of sp³-hybridized carbons (Fsp3) is 0.667. The predicted octanol–water partition coefficient (Wildman–Crippen LogP) is 1.06. The summed E-state index contributed by atoms with van der Waals surface area (Å²) in [5, 5.41) is 11.1. The van der Waals surface area contributed by atoms with Gasteiger partial charge in [0.2, 0.25) is 0 Å². The van der Waals surface area contributed by atoms with Gasteiger partial charge >= 0.3 is 0 Å². The van der Waals surface area contributed by atoms with Gasteiger partial charge in [0.25, 0.3) is 0 Å². The molecule has 0 amide bonds. The van der Waals surface area contributed by atoms with Gasteiger partial charge in [-0.15, -0.1) is 0 Å². The maximum atomic E-state index is 10.5. The summed E-state index contributed by atoms with van der Waals surface area (Å²) in [4.78, 5) is 10.5. The largest absolute Gasteiger partial charge is 0.411 e. The molecular formula is C6H11NO2. The molecule has 0 fully saturated rings. The van der Waals surface area contributed by atoms with Gasteiger partial charge in [-0.3, -0.25) is 4.79 Å². The average Bonchev–Trinajstić information content (AvgIpc) is 1.64. The monoisotopic (exact) mass is 129 g/mol. The number of Topliss-reactive ketones (excluding diaryl/α,β-unsaturated/α-hetero) is 1. The topological polar surface area (TPSA) is 49.7 Å². The van der Waals surface area contributed by atoms with E-state index in [1.54, 1.807) is 13.8 Å². The Morgan fingerprint density at radius 1 is 1.56 bits per heavy atom. The smallest absolute Gasteiger partial charge is 0.177 e. The molecule has 52 valence electrons. The van der Waals surface area contributed by atoms with Crippen molar-refractivity contribution in [2.45, 2.75) is 20.8 Å². The molecule has 0 aliphatic rings. The van der Waals surface area contributed by atoms with Gasteiger partial charge in [0.15, 0.2) is 5.78 Å². The first-order valence-electron chi connectivity index (χ1n) is 2.82. The van der Waals surface area contributed by atoms with Crippen LogP contribution in [0.25, 0.3) is 0 Å². The maximum Gasteiger partial charge on any atom is 0.177 e. The summed E-state index contributed by atoms with van der Waals surface area (Å²) in [7, 11) is 0. The van der Waals surface area contributed by atoms with Gasteiger partial charge in [0.05, 0.1) is 0 Å². The van der Waals surface area contributed by atoms with Crippen LogP contribution in [0.1, 0.15) is 20.8 Å². The van der Waals surface area contributed by atoms with Crippen molar-refractivity contribution in [3.63, 3.8) is 0 Å². The lowest BCUT2D eigenvalue weighted by Gasteiger charge is -2.00. The molecule has 3 heteroatoms. The highest BCUT2D eigenvalue weighted by molar-refractivity contribution is 6.39. The Bertz CT molecular complexity index is 138. The van der Waals surface area contributed by atoms with E-state index in [-0.39, 0.29) is 17.4 Å². The minimum absolute atomic E-state index is 0.00694. The molecule has 0 aliphatic carbocycles. The van der Waals surface area contributed by atoms with E-state index in [2.05, 4.69) is 5.16 Å². The molecule has 0 unspecified atom stereocenters. The van der Waals surface area contributed by atoms with Gasteiger partial charge in [0, 0.05) is 12.8 Å². The third-order valence-corrected chi connectivity index (χ3v) is 1.02. The van der Waals surface area contributed by atoms with Crippen molar-refractivity contribution in [2.75, 3.05) is 0 Å². The van der Waals surface area contributed by atoms with Gasteiger partial charge in [-0.2, -0.15) is 0 Å². The fourth-order valence-corrected chi connectivity index (χ4v) is 0.592. The Hall–Kier alpha value is -0.860. The Kier molecular flexibility index (Phi) is 2.91. The van der Waals surface area contributed by atoms with Crippen LogP contribution in [0.5, 0.6) is 0 Å². The molecule has 0 heterocycles. The number of ketones is 1. The lowest BCUT2D eigenvalue weighted by molar-refractivity contribution is -0.111. The van der Waals surface area contributed by atoms with Gasteiger partial charge in [-0.05, 0) is 0 Å². The first-order chi connectivity index (χ1) is 4.09. The maximum absolute atomic E-state index is 10.5. The van der Waals surface area contributed by atoms with Gasteiger partial charge in [-0.1, -0.05) is 19.0 Å². The van der Waals surface area contributed by atoms with Gasteiger partial charge < -0.3 is 5.21 Å². The Labute approximate surface area is 54.4 Å². The lowest BCUT2D eigenvalue weighted by atomic mass is 10.1. The molecule has 3 nitrogen and oxygen atoms in total. The molecule has 0 radical (unpaired) electrons. The third-order valence-electron chi connectivity index (χ3n) is 1.02. The van der Waals surface area contributed by atoms with E-state index in [4.69, 9.17) is 5.21 Å². The summed E-state index contributed by atoms with van der Waals surface area (Å²) in [6.07, 6.45) is 0. The van der Waals surface area contributed by atoms with Crippen molar-refractivity contribution in [3.8, 4) is 0 Å². The Balaban J connectivity index is 4.19.